The number of aliphatic carboxylic acids is 1. The number of amides is 1. The Bertz CT molecular complexity index is 829. The van der Waals surface area contributed by atoms with E-state index in [-0.39, 0.29) is 31.5 Å². The minimum Gasteiger partial charge on any atom is -0.480 e. The van der Waals surface area contributed by atoms with Crippen molar-refractivity contribution < 1.29 is 23.1 Å². The van der Waals surface area contributed by atoms with Gasteiger partial charge in [0.15, 0.2) is 0 Å². The second kappa shape index (κ2) is 7.98. The molecule has 1 amide bonds. The van der Waals surface area contributed by atoms with Crippen LogP contribution in [0.4, 0.5) is 0 Å². The lowest BCUT2D eigenvalue weighted by Gasteiger charge is -2.33. The van der Waals surface area contributed by atoms with Crippen LogP contribution in [0.15, 0.2) is 11.0 Å². The quantitative estimate of drug-likeness (QED) is 0.820. The summed E-state index contributed by atoms with van der Waals surface area (Å²) < 4.78 is 27.9. The van der Waals surface area contributed by atoms with Gasteiger partial charge < -0.3 is 10.0 Å². The van der Waals surface area contributed by atoms with Crippen LogP contribution in [0, 0.1) is 33.6 Å². The van der Waals surface area contributed by atoms with Crippen LogP contribution in [0.5, 0.6) is 0 Å². The van der Waals surface area contributed by atoms with Crippen molar-refractivity contribution >= 4 is 21.9 Å². The molecule has 1 aliphatic heterocycles. The minimum absolute atomic E-state index is 0.242. The van der Waals surface area contributed by atoms with Crippen LogP contribution in [-0.4, -0.2) is 61.3 Å². The third-order valence-corrected chi connectivity index (χ3v) is 7.62. The Labute approximate surface area is 161 Å². The van der Waals surface area contributed by atoms with E-state index in [4.69, 9.17) is 5.11 Å². The molecule has 0 aromatic heterocycles. The summed E-state index contributed by atoms with van der Waals surface area (Å²) in [6.07, 6.45) is 0.788. The van der Waals surface area contributed by atoms with Gasteiger partial charge in [-0.15, -0.1) is 0 Å². The second-order valence-corrected chi connectivity index (χ2v) is 9.23. The topological polar surface area (TPSA) is 95.0 Å². The van der Waals surface area contributed by atoms with Gasteiger partial charge in [-0.05, 0) is 62.8 Å². The number of carboxylic acids is 1. The number of carboxylic acid groups (broad SMARTS) is 1. The number of piperidine rings is 1. The van der Waals surface area contributed by atoms with Gasteiger partial charge in [0.25, 0.3) is 0 Å². The van der Waals surface area contributed by atoms with Gasteiger partial charge in [0, 0.05) is 26.1 Å². The highest BCUT2D eigenvalue weighted by atomic mass is 32.2. The number of rotatable bonds is 5. The monoisotopic (exact) mass is 396 g/mol. The lowest BCUT2D eigenvalue weighted by atomic mass is 9.97. The molecule has 0 aliphatic carbocycles. The molecule has 7 nitrogen and oxygen atoms in total. The third-order valence-electron chi connectivity index (χ3n) is 5.45. The first kappa shape index (κ1) is 21.4. The standard InChI is InChI=1S/C19H28N2O5S/c1-12-10-13(2)15(4)18(14(12)3)27(25,26)21-8-6-16(7-9-21)19(24)20(5)11-17(22)23/h10,16H,6-9,11H2,1-5H3,(H,22,23). The average Bonchev–Trinajstić information content (AvgIpc) is 2.59. The van der Waals surface area contributed by atoms with Crippen molar-refractivity contribution in [1.82, 2.24) is 9.21 Å². The van der Waals surface area contributed by atoms with E-state index in [0.717, 1.165) is 22.3 Å². The highest BCUT2D eigenvalue weighted by Gasteiger charge is 2.35. The molecule has 1 aromatic rings. The maximum atomic E-state index is 13.2. The Hall–Kier alpha value is -1.93. The molecule has 2 rings (SSSR count). The van der Waals surface area contributed by atoms with E-state index < -0.39 is 16.0 Å². The summed E-state index contributed by atoms with van der Waals surface area (Å²) >= 11 is 0. The van der Waals surface area contributed by atoms with Gasteiger partial charge in [-0.25, -0.2) is 8.42 Å². The van der Waals surface area contributed by atoms with E-state index in [1.54, 1.807) is 0 Å². The van der Waals surface area contributed by atoms with Gasteiger partial charge in [-0.3, -0.25) is 9.59 Å². The SMILES string of the molecule is Cc1cc(C)c(C)c(S(=O)(=O)N2CCC(C(=O)N(C)CC(=O)O)CC2)c1C. The third kappa shape index (κ3) is 4.32. The molecule has 1 saturated heterocycles. The van der Waals surface area contributed by atoms with E-state index in [9.17, 15) is 18.0 Å². The van der Waals surface area contributed by atoms with Crippen LogP contribution in [0.2, 0.25) is 0 Å². The molecule has 1 heterocycles. The van der Waals surface area contributed by atoms with Crippen LogP contribution >= 0.6 is 0 Å². The van der Waals surface area contributed by atoms with Crippen molar-refractivity contribution in [3.63, 3.8) is 0 Å². The predicted octanol–water partition coefficient (Wildman–Crippen LogP) is 1.86. The fraction of sp³-hybridized carbons (Fsp3) is 0.579. The molecule has 1 aliphatic rings. The van der Waals surface area contributed by atoms with Crippen molar-refractivity contribution in [2.45, 2.75) is 45.4 Å². The molecule has 0 bridgehead atoms. The second-order valence-electron chi connectivity index (χ2n) is 7.36. The van der Waals surface area contributed by atoms with Gasteiger partial charge in [0.2, 0.25) is 15.9 Å². The van der Waals surface area contributed by atoms with Gasteiger partial charge in [-0.1, -0.05) is 6.07 Å². The zero-order chi connectivity index (χ0) is 20.5. The van der Waals surface area contributed by atoms with Crippen LogP contribution in [-0.2, 0) is 19.6 Å². The fourth-order valence-corrected chi connectivity index (χ4v) is 5.68. The van der Waals surface area contributed by atoms with Gasteiger partial charge in [0.1, 0.15) is 6.54 Å². The number of benzene rings is 1. The highest BCUT2D eigenvalue weighted by Crippen LogP contribution is 2.31. The molecular weight excluding hydrogens is 368 g/mol. The zero-order valence-electron chi connectivity index (χ0n) is 16.6. The minimum atomic E-state index is -3.64. The maximum Gasteiger partial charge on any atom is 0.323 e. The first-order chi connectivity index (χ1) is 12.5. The van der Waals surface area contributed by atoms with Crippen LogP contribution in [0.25, 0.3) is 0 Å². The summed E-state index contributed by atoms with van der Waals surface area (Å²) in [5, 5.41) is 8.82. The van der Waals surface area contributed by atoms with Crippen LogP contribution in [0.3, 0.4) is 0 Å². The number of hydrogen-bond acceptors (Lipinski definition) is 4. The Kier molecular flexibility index (Phi) is 6.32. The molecule has 0 spiro atoms. The van der Waals surface area contributed by atoms with Crippen molar-refractivity contribution in [1.29, 1.82) is 0 Å². The summed E-state index contributed by atoms with van der Waals surface area (Å²) in [6, 6.07) is 1.99. The number of aryl methyl sites for hydroxylation is 2. The molecule has 0 unspecified atom stereocenters. The fourth-order valence-electron chi connectivity index (χ4n) is 3.63. The maximum absolute atomic E-state index is 13.2. The van der Waals surface area contributed by atoms with Gasteiger partial charge in [-0.2, -0.15) is 4.31 Å². The Morgan fingerprint density at radius 3 is 2.04 bits per heavy atom. The summed E-state index contributed by atoms with van der Waals surface area (Å²) in [5.74, 6) is -1.65. The number of likely N-dealkylation sites (N-methyl/N-ethyl adjacent to an activating group) is 1. The molecule has 1 aromatic carbocycles. The van der Waals surface area contributed by atoms with E-state index >= 15 is 0 Å². The number of sulfonamides is 1. The Morgan fingerprint density at radius 1 is 1.11 bits per heavy atom. The molecular formula is C19H28N2O5S. The first-order valence-corrected chi connectivity index (χ1v) is 10.4. The smallest absolute Gasteiger partial charge is 0.323 e. The normalized spacial score (nSPS) is 16.3. The summed E-state index contributed by atoms with van der Waals surface area (Å²) in [4.78, 5) is 24.7. The highest BCUT2D eigenvalue weighted by molar-refractivity contribution is 7.89. The van der Waals surface area contributed by atoms with E-state index in [1.807, 2.05) is 33.8 Å². The van der Waals surface area contributed by atoms with Crippen LogP contribution in [0.1, 0.15) is 35.1 Å². The Balaban J connectivity index is 2.19. The molecule has 0 saturated carbocycles. The number of carbonyl (C=O) groups excluding carboxylic acids is 1. The summed E-state index contributed by atoms with van der Waals surface area (Å²) in [5.41, 5.74) is 3.41. The van der Waals surface area contributed by atoms with Crippen LogP contribution < -0.4 is 0 Å². The number of hydrogen-bond donors (Lipinski definition) is 1. The van der Waals surface area contributed by atoms with E-state index in [1.165, 1.54) is 16.3 Å². The summed E-state index contributed by atoms with van der Waals surface area (Å²) in [6.45, 7) is 7.63. The molecule has 0 atom stereocenters. The van der Waals surface area contributed by atoms with Crippen molar-refractivity contribution in [2.24, 2.45) is 5.92 Å². The van der Waals surface area contributed by atoms with Gasteiger partial charge >= 0.3 is 5.97 Å². The molecule has 8 heteroatoms. The molecule has 27 heavy (non-hydrogen) atoms. The number of carbonyl (C=O) groups is 2. The molecule has 1 fully saturated rings. The Morgan fingerprint density at radius 2 is 1.59 bits per heavy atom. The lowest BCUT2D eigenvalue weighted by molar-refractivity contribution is -0.145. The predicted molar refractivity (Wildman–Crippen MR) is 102 cm³/mol. The largest absolute Gasteiger partial charge is 0.480 e. The van der Waals surface area contributed by atoms with Crippen molar-refractivity contribution in [3.05, 3.63) is 28.3 Å². The molecule has 1 N–H and O–H groups in total. The average molecular weight is 397 g/mol. The van der Waals surface area contributed by atoms with Gasteiger partial charge in [0.05, 0.1) is 4.90 Å². The summed E-state index contributed by atoms with van der Waals surface area (Å²) in [7, 11) is -2.18. The van der Waals surface area contributed by atoms with Crippen molar-refractivity contribution in [3.8, 4) is 0 Å². The first-order valence-electron chi connectivity index (χ1n) is 9.01. The lowest BCUT2D eigenvalue weighted by Crippen LogP contribution is -2.44. The van der Waals surface area contributed by atoms with E-state index in [0.29, 0.717) is 17.7 Å². The zero-order valence-corrected chi connectivity index (χ0v) is 17.4. The molecule has 150 valence electrons. The number of nitrogens with zero attached hydrogens (tertiary/aromatic N) is 2. The molecule has 0 radical (unpaired) electrons. The van der Waals surface area contributed by atoms with Crippen molar-refractivity contribution in [2.75, 3.05) is 26.7 Å². The van der Waals surface area contributed by atoms with E-state index in [2.05, 4.69) is 0 Å².